The smallest absolute Gasteiger partial charge is 0.0226 e. The molecule has 2 bridgehead atoms. The summed E-state index contributed by atoms with van der Waals surface area (Å²) < 4.78 is 0. The minimum Gasteiger partial charge on any atom is -0.310 e. The van der Waals surface area contributed by atoms with Gasteiger partial charge in [-0.2, -0.15) is 0 Å². The highest BCUT2D eigenvalue weighted by atomic mass is 15.2. The molecule has 3 saturated heterocycles. The minimum atomic E-state index is 0.769. The quantitative estimate of drug-likeness (QED) is 0.908. The van der Waals surface area contributed by atoms with Crippen molar-refractivity contribution in [3.05, 3.63) is 35.4 Å². The number of fused-ring (bicyclic) bond motifs is 3. The first-order valence-electron chi connectivity index (χ1n) is 8.33. The van der Waals surface area contributed by atoms with Gasteiger partial charge in [-0.05, 0) is 68.7 Å². The third-order valence-corrected chi connectivity index (χ3v) is 5.87. The fourth-order valence-electron chi connectivity index (χ4n) is 4.51. The summed E-state index contributed by atoms with van der Waals surface area (Å²) in [7, 11) is 0. The van der Waals surface area contributed by atoms with Gasteiger partial charge in [0.2, 0.25) is 0 Å². The zero-order valence-electron chi connectivity index (χ0n) is 12.5. The molecular formula is C18H26N2. The Morgan fingerprint density at radius 1 is 1.10 bits per heavy atom. The predicted octanol–water partition coefficient (Wildman–Crippen LogP) is 2.92. The topological polar surface area (TPSA) is 15.3 Å². The lowest BCUT2D eigenvalue weighted by Gasteiger charge is -2.48. The van der Waals surface area contributed by atoms with Gasteiger partial charge in [0.25, 0.3) is 0 Å². The molecule has 0 amide bonds. The van der Waals surface area contributed by atoms with Gasteiger partial charge in [0.05, 0.1) is 0 Å². The molecule has 1 aliphatic carbocycles. The summed E-state index contributed by atoms with van der Waals surface area (Å²) >= 11 is 0. The summed E-state index contributed by atoms with van der Waals surface area (Å²) in [4.78, 5) is 2.65. The maximum Gasteiger partial charge on any atom is 0.0226 e. The second-order valence-corrected chi connectivity index (χ2v) is 7.13. The van der Waals surface area contributed by atoms with Crippen molar-refractivity contribution in [1.29, 1.82) is 0 Å². The van der Waals surface area contributed by atoms with Gasteiger partial charge in [-0.3, -0.25) is 0 Å². The molecule has 1 unspecified atom stereocenters. The molecule has 2 nitrogen and oxygen atoms in total. The van der Waals surface area contributed by atoms with Crippen LogP contribution in [0.1, 0.15) is 42.7 Å². The van der Waals surface area contributed by atoms with Crippen LogP contribution < -0.4 is 5.32 Å². The standard InChI is InChI=1S/C18H26N2/c1-13-4-2-3-5-17(13)15-10-16(11-15)19-18-12-20-8-6-14(18)7-9-20/h2-5,14-16,18-19H,6-12H2,1H3. The van der Waals surface area contributed by atoms with Gasteiger partial charge in [0.15, 0.2) is 0 Å². The lowest BCUT2D eigenvalue weighted by molar-refractivity contribution is 0.0584. The predicted molar refractivity (Wildman–Crippen MR) is 83.0 cm³/mol. The second kappa shape index (κ2) is 5.16. The molecule has 3 aliphatic heterocycles. The number of hydrogen-bond acceptors (Lipinski definition) is 2. The zero-order valence-corrected chi connectivity index (χ0v) is 12.5. The fourth-order valence-corrected chi connectivity index (χ4v) is 4.51. The van der Waals surface area contributed by atoms with E-state index in [0.717, 1.165) is 23.9 Å². The SMILES string of the molecule is Cc1ccccc1C1CC(NC2CN3CCC2CC3)C1. The molecule has 0 radical (unpaired) electrons. The van der Waals surface area contributed by atoms with Crippen LogP contribution in [0.2, 0.25) is 0 Å². The largest absolute Gasteiger partial charge is 0.310 e. The van der Waals surface area contributed by atoms with Gasteiger partial charge in [0, 0.05) is 18.6 Å². The summed E-state index contributed by atoms with van der Waals surface area (Å²) in [6.45, 7) is 6.25. The number of benzene rings is 1. The normalized spacial score (nSPS) is 39.5. The van der Waals surface area contributed by atoms with Crippen LogP contribution in [-0.2, 0) is 0 Å². The summed E-state index contributed by atoms with van der Waals surface area (Å²) in [5.41, 5.74) is 3.05. The van der Waals surface area contributed by atoms with Crippen LogP contribution in [0.25, 0.3) is 0 Å². The van der Waals surface area contributed by atoms with Gasteiger partial charge in [-0.15, -0.1) is 0 Å². The van der Waals surface area contributed by atoms with E-state index >= 15 is 0 Å². The van der Waals surface area contributed by atoms with Crippen molar-refractivity contribution >= 4 is 0 Å². The highest BCUT2D eigenvalue weighted by Gasteiger charge is 2.38. The number of nitrogens with one attached hydrogen (secondary N) is 1. The summed E-state index contributed by atoms with van der Waals surface area (Å²) in [6, 6.07) is 10.5. The van der Waals surface area contributed by atoms with E-state index in [1.807, 2.05) is 0 Å². The highest BCUT2D eigenvalue weighted by molar-refractivity contribution is 5.31. The molecule has 1 aromatic rings. The Kier molecular flexibility index (Phi) is 3.31. The van der Waals surface area contributed by atoms with E-state index in [9.17, 15) is 0 Å². The van der Waals surface area contributed by atoms with Gasteiger partial charge in [0.1, 0.15) is 0 Å². The van der Waals surface area contributed by atoms with Crippen molar-refractivity contribution < 1.29 is 0 Å². The van der Waals surface area contributed by atoms with E-state index in [2.05, 4.69) is 41.4 Å². The van der Waals surface area contributed by atoms with Crippen LogP contribution in [0.15, 0.2) is 24.3 Å². The van der Waals surface area contributed by atoms with Crippen LogP contribution in [-0.4, -0.2) is 36.6 Å². The fraction of sp³-hybridized carbons (Fsp3) is 0.667. The third-order valence-electron chi connectivity index (χ3n) is 5.87. The molecule has 2 heteroatoms. The van der Waals surface area contributed by atoms with Gasteiger partial charge >= 0.3 is 0 Å². The van der Waals surface area contributed by atoms with Crippen molar-refractivity contribution in [3.8, 4) is 0 Å². The zero-order chi connectivity index (χ0) is 13.5. The third kappa shape index (κ3) is 2.29. The summed E-state index contributed by atoms with van der Waals surface area (Å²) in [5, 5.41) is 3.96. The van der Waals surface area contributed by atoms with E-state index in [0.29, 0.717) is 0 Å². The second-order valence-electron chi connectivity index (χ2n) is 7.13. The van der Waals surface area contributed by atoms with Gasteiger partial charge < -0.3 is 10.2 Å². The molecular weight excluding hydrogens is 244 g/mol. The molecule has 5 rings (SSSR count). The molecule has 1 atom stereocenters. The molecule has 0 spiro atoms. The van der Waals surface area contributed by atoms with Gasteiger partial charge in [-0.25, -0.2) is 0 Å². The first-order valence-corrected chi connectivity index (χ1v) is 8.33. The van der Waals surface area contributed by atoms with Crippen LogP contribution in [0, 0.1) is 12.8 Å². The maximum atomic E-state index is 3.96. The Morgan fingerprint density at radius 2 is 1.85 bits per heavy atom. The minimum absolute atomic E-state index is 0.769. The molecule has 108 valence electrons. The van der Waals surface area contributed by atoms with Crippen molar-refractivity contribution in [3.63, 3.8) is 0 Å². The highest BCUT2D eigenvalue weighted by Crippen LogP contribution is 2.39. The van der Waals surface area contributed by atoms with Crippen LogP contribution in [0.5, 0.6) is 0 Å². The average molecular weight is 270 g/mol. The van der Waals surface area contributed by atoms with E-state index in [4.69, 9.17) is 0 Å². The Bertz CT molecular complexity index is 470. The lowest BCUT2D eigenvalue weighted by atomic mass is 9.73. The average Bonchev–Trinajstić information content (AvgIpc) is 2.45. The molecule has 1 aromatic carbocycles. The van der Waals surface area contributed by atoms with Crippen LogP contribution in [0.4, 0.5) is 0 Å². The first kappa shape index (κ1) is 12.8. The Labute approximate surface area is 122 Å². The van der Waals surface area contributed by atoms with Crippen LogP contribution in [0.3, 0.4) is 0 Å². The number of aryl methyl sites for hydroxylation is 1. The van der Waals surface area contributed by atoms with E-state index in [-0.39, 0.29) is 0 Å². The van der Waals surface area contributed by atoms with Gasteiger partial charge in [-0.1, -0.05) is 24.3 Å². The lowest BCUT2D eigenvalue weighted by Crippen LogP contribution is -2.59. The van der Waals surface area contributed by atoms with Crippen molar-refractivity contribution in [2.75, 3.05) is 19.6 Å². The molecule has 1 saturated carbocycles. The Balaban J connectivity index is 1.32. The molecule has 1 N–H and O–H groups in total. The Morgan fingerprint density at radius 3 is 2.50 bits per heavy atom. The monoisotopic (exact) mass is 270 g/mol. The maximum absolute atomic E-state index is 3.96. The number of hydrogen-bond donors (Lipinski definition) is 1. The summed E-state index contributed by atoms with van der Waals surface area (Å²) in [5.74, 6) is 1.76. The van der Waals surface area contributed by atoms with Crippen molar-refractivity contribution in [2.45, 2.75) is 50.6 Å². The van der Waals surface area contributed by atoms with E-state index in [1.54, 1.807) is 5.56 Å². The molecule has 0 aromatic heterocycles. The number of piperidine rings is 3. The number of nitrogens with zero attached hydrogens (tertiary/aromatic N) is 1. The molecule has 4 aliphatic rings. The van der Waals surface area contributed by atoms with Crippen molar-refractivity contribution in [1.82, 2.24) is 10.2 Å². The number of rotatable bonds is 3. The van der Waals surface area contributed by atoms with Crippen molar-refractivity contribution in [2.24, 2.45) is 5.92 Å². The molecule has 3 heterocycles. The van der Waals surface area contributed by atoms with E-state index < -0.39 is 0 Å². The summed E-state index contributed by atoms with van der Waals surface area (Å²) in [6.07, 6.45) is 5.53. The molecule has 4 fully saturated rings. The Hall–Kier alpha value is -0.860. The van der Waals surface area contributed by atoms with Crippen LogP contribution >= 0.6 is 0 Å². The first-order chi connectivity index (χ1) is 9.79. The van der Waals surface area contributed by atoms with E-state index in [1.165, 1.54) is 50.9 Å². The molecule has 20 heavy (non-hydrogen) atoms.